The number of nitrogens with zero attached hydrogens (tertiary/aromatic N) is 1. The van der Waals surface area contributed by atoms with Crippen LogP contribution in [0, 0.1) is 13.8 Å². The number of thiazole rings is 1. The van der Waals surface area contributed by atoms with Gasteiger partial charge in [-0.2, -0.15) is 0 Å². The van der Waals surface area contributed by atoms with Crippen molar-refractivity contribution in [2.75, 3.05) is 0 Å². The fraction of sp³-hybridized carbons (Fsp3) is 0.231. The van der Waals surface area contributed by atoms with Gasteiger partial charge in [0.05, 0.1) is 6.54 Å². The van der Waals surface area contributed by atoms with E-state index in [0.717, 1.165) is 16.1 Å². The van der Waals surface area contributed by atoms with Gasteiger partial charge in [-0.25, -0.2) is 5.84 Å². The number of aryl methyl sites for hydroxylation is 1. The minimum Gasteiger partial charge on any atom is -0.299 e. The molecular weight excluding hydrogens is 262 g/mol. The molecule has 3 N–H and O–H groups in total. The fourth-order valence-electron chi connectivity index (χ4n) is 1.85. The van der Waals surface area contributed by atoms with Crippen LogP contribution in [0.2, 0.25) is 0 Å². The van der Waals surface area contributed by atoms with Crippen LogP contribution in [0.1, 0.15) is 26.5 Å². The number of aromatic nitrogens is 1. The molecule has 0 bridgehead atoms. The minimum absolute atomic E-state index is 0.0173. The van der Waals surface area contributed by atoms with Gasteiger partial charge in [0.1, 0.15) is 0 Å². The van der Waals surface area contributed by atoms with E-state index in [2.05, 4.69) is 5.43 Å². The van der Waals surface area contributed by atoms with Crippen molar-refractivity contribution in [2.45, 2.75) is 20.4 Å². The zero-order valence-electron chi connectivity index (χ0n) is 10.8. The molecule has 19 heavy (non-hydrogen) atoms. The van der Waals surface area contributed by atoms with Gasteiger partial charge in [-0.05, 0) is 31.5 Å². The Balaban J connectivity index is 2.34. The molecule has 0 aliphatic carbocycles. The van der Waals surface area contributed by atoms with E-state index in [0.29, 0.717) is 12.1 Å². The highest BCUT2D eigenvalue weighted by molar-refractivity contribution is 7.09. The first kappa shape index (κ1) is 13.5. The Morgan fingerprint density at radius 1 is 1.42 bits per heavy atom. The molecule has 100 valence electrons. The maximum atomic E-state index is 11.8. The zero-order chi connectivity index (χ0) is 14.0. The molecule has 0 atom stereocenters. The second-order valence-corrected chi connectivity index (χ2v) is 5.44. The maximum absolute atomic E-state index is 11.8. The van der Waals surface area contributed by atoms with Crippen molar-refractivity contribution in [1.82, 2.24) is 9.99 Å². The number of hydrogen-bond donors (Lipinski definition) is 2. The van der Waals surface area contributed by atoms with E-state index in [-0.39, 0.29) is 10.8 Å². The highest BCUT2D eigenvalue weighted by Gasteiger charge is 2.09. The third kappa shape index (κ3) is 2.74. The van der Waals surface area contributed by atoms with E-state index in [1.165, 1.54) is 11.3 Å². The van der Waals surface area contributed by atoms with Gasteiger partial charge in [0.25, 0.3) is 5.91 Å². The predicted octanol–water partition coefficient (Wildman–Crippen LogP) is 1.18. The quantitative estimate of drug-likeness (QED) is 0.502. The summed E-state index contributed by atoms with van der Waals surface area (Å²) in [7, 11) is 0. The Hall–Kier alpha value is -1.92. The number of benzene rings is 1. The molecule has 0 aliphatic rings. The van der Waals surface area contributed by atoms with Crippen LogP contribution in [0.15, 0.2) is 29.1 Å². The molecule has 0 saturated heterocycles. The molecule has 0 unspecified atom stereocenters. The Morgan fingerprint density at radius 2 is 2.16 bits per heavy atom. The molecule has 0 fully saturated rings. The molecule has 2 rings (SSSR count). The molecule has 5 nitrogen and oxygen atoms in total. The summed E-state index contributed by atoms with van der Waals surface area (Å²) in [5.41, 5.74) is 4.43. The Morgan fingerprint density at radius 3 is 2.74 bits per heavy atom. The number of carbonyl (C=O) groups is 1. The Bertz CT molecular complexity index is 673. The molecule has 1 aromatic carbocycles. The molecule has 1 amide bonds. The third-order valence-corrected chi connectivity index (χ3v) is 4.03. The van der Waals surface area contributed by atoms with E-state index >= 15 is 0 Å². The van der Waals surface area contributed by atoms with Crippen LogP contribution in [-0.2, 0) is 6.54 Å². The smallest absolute Gasteiger partial charge is 0.299 e. The number of rotatable bonds is 3. The normalized spacial score (nSPS) is 10.5. The van der Waals surface area contributed by atoms with Crippen LogP contribution >= 0.6 is 11.3 Å². The summed E-state index contributed by atoms with van der Waals surface area (Å²) >= 11 is 1.24. The summed E-state index contributed by atoms with van der Waals surface area (Å²) in [6.45, 7) is 4.31. The lowest BCUT2D eigenvalue weighted by Crippen LogP contribution is -2.30. The Labute approximate surface area is 114 Å². The molecule has 0 radical (unpaired) electrons. The SMILES string of the molecule is Cc1sc(=O)n(Cc2cccc(C(=O)NN)c2)c1C. The van der Waals surface area contributed by atoms with Gasteiger partial charge < -0.3 is 0 Å². The Kier molecular flexibility index (Phi) is 3.82. The maximum Gasteiger partial charge on any atom is 0.307 e. The minimum atomic E-state index is -0.340. The fourth-order valence-corrected chi connectivity index (χ4v) is 2.68. The second kappa shape index (κ2) is 5.38. The second-order valence-electron chi connectivity index (χ2n) is 4.27. The van der Waals surface area contributed by atoms with E-state index in [4.69, 9.17) is 5.84 Å². The average molecular weight is 277 g/mol. The summed E-state index contributed by atoms with van der Waals surface area (Å²) in [5, 5.41) is 0. The lowest BCUT2D eigenvalue weighted by atomic mass is 10.1. The number of hydrazine groups is 1. The average Bonchev–Trinajstić information content (AvgIpc) is 2.65. The molecule has 0 spiro atoms. The van der Waals surface area contributed by atoms with Crippen LogP contribution in [-0.4, -0.2) is 10.5 Å². The van der Waals surface area contributed by atoms with Gasteiger partial charge >= 0.3 is 4.87 Å². The van der Waals surface area contributed by atoms with E-state index in [9.17, 15) is 9.59 Å². The standard InChI is InChI=1S/C13H15N3O2S/c1-8-9(2)19-13(18)16(8)7-10-4-3-5-11(6-10)12(17)15-14/h3-6H,7,14H2,1-2H3,(H,15,17). The van der Waals surface area contributed by atoms with E-state index < -0.39 is 0 Å². The van der Waals surface area contributed by atoms with Crippen LogP contribution in [0.3, 0.4) is 0 Å². The van der Waals surface area contributed by atoms with Crippen LogP contribution in [0.5, 0.6) is 0 Å². The molecular formula is C13H15N3O2S. The van der Waals surface area contributed by atoms with Gasteiger partial charge in [0.2, 0.25) is 0 Å². The summed E-state index contributed by atoms with van der Waals surface area (Å²) in [6.07, 6.45) is 0. The summed E-state index contributed by atoms with van der Waals surface area (Å²) in [5.74, 6) is 4.76. The van der Waals surface area contributed by atoms with Crippen molar-refractivity contribution in [1.29, 1.82) is 0 Å². The van der Waals surface area contributed by atoms with Crippen molar-refractivity contribution in [3.63, 3.8) is 0 Å². The number of nitrogens with one attached hydrogen (secondary N) is 1. The first-order valence-electron chi connectivity index (χ1n) is 5.79. The molecule has 6 heteroatoms. The largest absolute Gasteiger partial charge is 0.307 e. The topological polar surface area (TPSA) is 77.1 Å². The molecule has 2 aromatic rings. The number of amides is 1. The van der Waals surface area contributed by atoms with E-state index in [1.807, 2.05) is 19.9 Å². The van der Waals surface area contributed by atoms with Crippen molar-refractivity contribution < 1.29 is 4.79 Å². The van der Waals surface area contributed by atoms with Crippen molar-refractivity contribution in [2.24, 2.45) is 5.84 Å². The van der Waals surface area contributed by atoms with Gasteiger partial charge in [-0.3, -0.25) is 19.6 Å². The lowest BCUT2D eigenvalue weighted by Gasteiger charge is -2.07. The third-order valence-electron chi connectivity index (χ3n) is 3.04. The zero-order valence-corrected chi connectivity index (χ0v) is 11.6. The summed E-state index contributed by atoms with van der Waals surface area (Å²) < 4.78 is 1.71. The summed E-state index contributed by atoms with van der Waals surface area (Å²) in [6, 6.07) is 7.08. The molecule has 1 heterocycles. The van der Waals surface area contributed by atoms with Gasteiger partial charge in [0.15, 0.2) is 0 Å². The molecule has 0 aliphatic heterocycles. The van der Waals surface area contributed by atoms with Crippen LogP contribution in [0.25, 0.3) is 0 Å². The van der Waals surface area contributed by atoms with Crippen molar-refractivity contribution in [3.8, 4) is 0 Å². The first-order chi connectivity index (χ1) is 9.02. The lowest BCUT2D eigenvalue weighted by molar-refractivity contribution is 0.0953. The van der Waals surface area contributed by atoms with E-state index in [1.54, 1.807) is 22.8 Å². The monoisotopic (exact) mass is 277 g/mol. The van der Waals surface area contributed by atoms with Crippen molar-refractivity contribution in [3.05, 3.63) is 55.6 Å². The van der Waals surface area contributed by atoms with Crippen LogP contribution < -0.4 is 16.1 Å². The summed E-state index contributed by atoms with van der Waals surface area (Å²) in [4.78, 5) is 24.3. The highest BCUT2D eigenvalue weighted by Crippen LogP contribution is 2.13. The number of nitrogen functional groups attached to an aromatic ring is 1. The number of hydrogen-bond acceptors (Lipinski definition) is 4. The van der Waals surface area contributed by atoms with Crippen LogP contribution in [0.4, 0.5) is 0 Å². The van der Waals surface area contributed by atoms with Gasteiger partial charge in [-0.15, -0.1) is 0 Å². The van der Waals surface area contributed by atoms with Gasteiger partial charge in [-0.1, -0.05) is 23.5 Å². The molecule has 1 aromatic heterocycles. The number of carbonyl (C=O) groups excluding carboxylic acids is 1. The van der Waals surface area contributed by atoms with Crippen molar-refractivity contribution >= 4 is 17.2 Å². The highest BCUT2D eigenvalue weighted by atomic mass is 32.1. The molecule has 0 saturated carbocycles. The number of nitrogens with two attached hydrogens (primary N) is 1. The predicted molar refractivity (Wildman–Crippen MR) is 75.3 cm³/mol. The van der Waals surface area contributed by atoms with Gasteiger partial charge in [0, 0.05) is 16.1 Å². The first-order valence-corrected chi connectivity index (χ1v) is 6.61.